The Balaban J connectivity index is 1.94. The summed E-state index contributed by atoms with van der Waals surface area (Å²) in [6.07, 6.45) is 5.79. The molecule has 6 heteroatoms. The maximum Gasteiger partial charge on any atom is 0.207 e. The number of hydrogen-bond donors (Lipinski definition) is 0. The molecule has 1 atom stereocenters. The van der Waals surface area contributed by atoms with Crippen LogP contribution in [0.3, 0.4) is 0 Å². The van der Waals surface area contributed by atoms with Crippen molar-refractivity contribution in [1.29, 1.82) is 0 Å². The normalized spacial score (nSPS) is 12.5. The largest absolute Gasteiger partial charge is 0.497 e. The minimum atomic E-state index is -1.65. The first-order chi connectivity index (χ1) is 11.6. The van der Waals surface area contributed by atoms with E-state index in [0.717, 1.165) is 22.6 Å². The minimum absolute atomic E-state index is 0.763. The van der Waals surface area contributed by atoms with Crippen LogP contribution in [0, 0.1) is 0 Å². The Morgan fingerprint density at radius 3 is 2.17 bits per heavy atom. The standard InChI is InChI=1S/C18H21N2O2PS/c1-4-5-15-6-12-18(13-7-15)22-23(24)20(2)19-14-16-8-10-17(21-3)11-9-16/h4-14,23H,1-3H3/b5-4+,19-14+. The van der Waals surface area contributed by atoms with Gasteiger partial charge in [-0.2, -0.15) is 5.10 Å². The predicted molar refractivity (Wildman–Crippen MR) is 106 cm³/mol. The van der Waals surface area contributed by atoms with E-state index in [1.165, 1.54) is 0 Å². The van der Waals surface area contributed by atoms with Gasteiger partial charge in [-0.3, -0.25) is 0 Å². The van der Waals surface area contributed by atoms with Crippen molar-refractivity contribution in [2.24, 2.45) is 5.10 Å². The lowest BCUT2D eigenvalue weighted by molar-refractivity contribution is 0.415. The van der Waals surface area contributed by atoms with Gasteiger partial charge >= 0.3 is 0 Å². The highest BCUT2D eigenvalue weighted by Gasteiger charge is 2.02. The number of rotatable bonds is 7. The smallest absolute Gasteiger partial charge is 0.207 e. The van der Waals surface area contributed by atoms with Crippen molar-refractivity contribution in [3.63, 3.8) is 0 Å². The average Bonchev–Trinajstić information content (AvgIpc) is 2.62. The highest BCUT2D eigenvalue weighted by molar-refractivity contribution is 8.02. The van der Waals surface area contributed by atoms with Crippen LogP contribution in [0.2, 0.25) is 0 Å². The van der Waals surface area contributed by atoms with Crippen molar-refractivity contribution in [3.05, 3.63) is 65.7 Å². The van der Waals surface area contributed by atoms with Crippen LogP contribution in [0.4, 0.5) is 0 Å². The third-order valence-corrected chi connectivity index (χ3v) is 5.30. The molecule has 0 aliphatic rings. The van der Waals surface area contributed by atoms with Crippen LogP contribution in [0.5, 0.6) is 11.5 Å². The summed E-state index contributed by atoms with van der Waals surface area (Å²) in [6.45, 7) is 1.99. The third-order valence-electron chi connectivity index (χ3n) is 3.20. The summed E-state index contributed by atoms with van der Waals surface area (Å²) in [5.74, 6) is 1.58. The van der Waals surface area contributed by atoms with Gasteiger partial charge in [0.2, 0.25) is 7.07 Å². The van der Waals surface area contributed by atoms with Gasteiger partial charge in [-0.25, -0.2) is 4.78 Å². The lowest BCUT2D eigenvalue weighted by atomic mass is 10.2. The SMILES string of the molecule is C/C=C/c1ccc(O[PH](=S)N(C)/N=C/c2ccc(OC)cc2)cc1. The fourth-order valence-corrected chi connectivity index (χ4v) is 2.95. The Morgan fingerprint density at radius 2 is 1.58 bits per heavy atom. The number of hydrazone groups is 1. The van der Waals surface area contributed by atoms with Crippen molar-refractivity contribution in [1.82, 2.24) is 4.78 Å². The van der Waals surface area contributed by atoms with Crippen LogP contribution < -0.4 is 9.26 Å². The van der Waals surface area contributed by atoms with Crippen molar-refractivity contribution in [2.45, 2.75) is 6.92 Å². The number of nitrogens with zero attached hydrogens (tertiary/aromatic N) is 2. The van der Waals surface area contributed by atoms with Gasteiger partial charge < -0.3 is 9.26 Å². The number of allylic oxidation sites excluding steroid dienone is 1. The molecule has 4 nitrogen and oxygen atoms in total. The second-order valence-electron chi connectivity index (χ2n) is 4.98. The molecule has 0 amide bonds. The van der Waals surface area contributed by atoms with Gasteiger partial charge in [-0.05, 0) is 66.3 Å². The molecule has 1 unspecified atom stereocenters. The summed E-state index contributed by atoms with van der Waals surface area (Å²) in [7, 11) is 1.82. The molecule has 24 heavy (non-hydrogen) atoms. The third kappa shape index (κ3) is 5.52. The van der Waals surface area contributed by atoms with Crippen LogP contribution in [-0.2, 0) is 11.8 Å². The molecule has 0 spiro atoms. The fraction of sp³-hybridized carbons (Fsp3) is 0.167. The second-order valence-corrected chi connectivity index (χ2v) is 7.41. The molecular weight excluding hydrogens is 339 g/mol. The van der Waals surface area contributed by atoms with Gasteiger partial charge in [-0.15, -0.1) is 0 Å². The molecule has 2 rings (SSSR count). The van der Waals surface area contributed by atoms with E-state index in [2.05, 4.69) is 5.10 Å². The van der Waals surface area contributed by atoms with Gasteiger partial charge in [0.25, 0.3) is 0 Å². The Morgan fingerprint density at radius 1 is 1.00 bits per heavy atom. The summed E-state index contributed by atoms with van der Waals surface area (Å²) in [4.78, 5) is 0. The van der Waals surface area contributed by atoms with E-state index in [-0.39, 0.29) is 0 Å². The zero-order valence-electron chi connectivity index (χ0n) is 14.0. The lowest BCUT2D eigenvalue weighted by Crippen LogP contribution is -2.03. The van der Waals surface area contributed by atoms with E-state index >= 15 is 0 Å². The first kappa shape index (κ1) is 18.2. The van der Waals surface area contributed by atoms with Gasteiger partial charge in [0, 0.05) is 7.05 Å². The Hall–Kier alpha value is -2.10. The number of methoxy groups -OCH3 is 1. The van der Waals surface area contributed by atoms with E-state index in [4.69, 9.17) is 21.1 Å². The van der Waals surface area contributed by atoms with Crippen molar-refractivity contribution in [2.75, 3.05) is 14.2 Å². The molecule has 0 aliphatic heterocycles. The van der Waals surface area contributed by atoms with E-state index in [0.29, 0.717) is 0 Å². The van der Waals surface area contributed by atoms with Crippen LogP contribution in [0.25, 0.3) is 6.08 Å². The first-order valence-electron chi connectivity index (χ1n) is 7.48. The molecule has 126 valence electrons. The summed E-state index contributed by atoms with van der Waals surface area (Å²) in [5.41, 5.74) is 2.11. The van der Waals surface area contributed by atoms with Crippen molar-refractivity contribution < 1.29 is 9.26 Å². The monoisotopic (exact) mass is 360 g/mol. The van der Waals surface area contributed by atoms with Gasteiger partial charge in [0.1, 0.15) is 11.5 Å². The summed E-state index contributed by atoms with van der Waals surface area (Å²) >= 11 is 5.44. The molecule has 0 fully saturated rings. The molecule has 0 bridgehead atoms. The minimum Gasteiger partial charge on any atom is -0.497 e. The maximum absolute atomic E-state index is 5.82. The number of ether oxygens (including phenoxy) is 1. The number of hydrogen-bond acceptors (Lipinski definition) is 4. The molecule has 0 saturated carbocycles. The van der Waals surface area contributed by atoms with Crippen LogP contribution in [-0.4, -0.2) is 25.2 Å². The fourth-order valence-electron chi connectivity index (χ4n) is 1.90. The Kier molecular flexibility index (Phi) is 7.04. The Labute approximate surface area is 149 Å². The summed E-state index contributed by atoms with van der Waals surface area (Å²) < 4.78 is 12.6. The summed E-state index contributed by atoms with van der Waals surface area (Å²) in [5, 5.41) is 4.37. The quantitative estimate of drug-likeness (QED) is 0.411. The average molecular weight is 360 g/mol. The highest BCUT2D eigenvalue weighted by atomic mass is 32.4. The summed E-state index contributed by atoms with van der Waals surface area (Å²) in [6, 6.07) is 15.5. The topological polar surface area (TPSA) is 34.1 Å². The lowest BCUT2D eigenvalue weighted by Gasteiger charge is -2.16. The van der Waals surface area contributed by atoms with Gasteiger partial charge in [0.05, 0.1) is 13.3 Å². The van der Waals surface area contributed by atoms with Crippen LogP contribution >= 0.6 is 7.07 Å². The number of benzene rings is 2. The van der Waals surface area contributed by atoms with Crippen LogP contribution in [0.15, 0.2) is 59.7 Å². The van der Waals surface area contributed by atoms with E-state index in [1.54, 1.807) is 18.1 Å². The van der Waals surface area contributed by atoms with E-state index < -0.39 is 7.07 Å². The molecule has 0 N–H and O–H groups in total. The molecule has 0 radical (unpaired) electrons. The molecule has 0 aromatic heterocycles. The zero-order chi connectivity index (χ0) is 17.4. The highest BCUT2D eigenvalue weighted by Crippen LogP contribution is 2.30. The molecule has 2 aromatic carbocycles. The van der Waals surface area contributed by atoms with Crippen LogP contribution in [0.1, 0.15) is 18.1 Å². The maximum atomic E-state index is 5.82. The van der Waals surface area contributed by atoms with E-state index in [1.807, 2.05) is 74.7 Å². The van der Waals surface area contributed by atoms with Gasteiger partial charge in [-0.1, -0.05) is 24.3 Å². The van der Waals surface area contributed by atoms with Crippen molar-refractivity contribution in [3.8, 4) is 11.5 Å². The predicted octanol–water partition coefficient (Wildman–Crippen LogP) is 4.58. The zero-order valence-corrected chi connectivity index (χ0v) is 15.8. The molecular formula is C18H21N2O2PS. The van der Waals surface area contributed by atoms with Gasteiger partial charge in [0.15, 0.2) is 0 Å². The van der Waals surface area contributed by atoms with E-state index in [9.17, 15) is 0 Å². The first-order valence-corrected chi connectivity index (χ1v) is 9.97. The van der Waals surface area contributed by atoms with Crippen molar-refractivity contribution >= 4 is 31.2 Å². The molecule has 0 aliphatic carbocycles. The molecule has 0 saturated heterocycles. The molecule has 0 heterocycles. The Bertz CT molecular complexity index is 728. The molecule has 2 aromatic rings. The second kappa shape index (κ2) is 9.26.